The van der Waals surface area contributed by atoms with E-state index in [-0.39, 0.29) is 5.91 Å². The highest BCUT2D eigenvalue weighted by atomic mass is 32.2. The molecule has 0 aliphatic heterocycles. The van der Waals surface area contributed by atoms with E-state index in [9.17, 15) is 4.79 Å². The fourth-order valence-electron chi connectivity index (χ4n) is 2.51. The number of carbonyl (C=O) groups is 1. The number of rotatable bonds is 6. The lowest BCUT2D eigenvalue weighted by molar-refractivity contribution is -0.118. The third kappa shape index (κ3) is 4.27. The summed E-state index contributed by atoms with van der Waals surface area (Å²) in [6.07, 6.45) is 5.83. The van der Waals surface area contributed by atoms with Gasteiger partial charge in [0.05, 0.1) is 5.75 Å². The van der Waals surface area contributed by atoms with E-state index < -0.39 is 0 Å². The van der Waals surface area contributed by atoms with E-state index in [2.05, 4.69) is 36.5 Å². The summed E-state index contributed by atoms with van der Waals surface area (Å²) in [6, 6.07) is 8.67. The molecule has 1 aliphatic carbocycles. The minimum atomic E-state index is 0.182. The topological polar surface area (TPSA) is 29.1 Å². The van der Waals surface area contributed by atoms with Crippen LogP contribution in [0.1, 0.15) is 49.0 Å². The Morgan fingerprint density at radius 1 is 1.42 bits per heavy atom. The standard InChI is InChI=1S/C16H23NOS/c1-2-3-11-17-16(18)12-19-15-10-6-8-13-7-4-5-9-14(13)15/h4-5,7,9,15H,2-3,6,8,10-12H2,1H3,(H,17,18). The second kappa shape index (κ2) is 7.59. The van der Waals surface area contributed by atoms with Crippen LogP contribution < -0.4 is 5.32 Å². The fraction of sp³-hybridized carbons (Fsp3) is 0.562. The third-order valence-electron chi connectivity index (χ3n) is 3.58. The van der Waals surface area contributed by atoms with Gasteiger partial charge >= 0.3 is 0 Å². The zero-order chi connectivity index (χ0) is 13.5. The molecule has 0 saturated carbocycles. The molecule has 1 amide bonds. The molecule has 0 heterocycles. The molecule has 0 bridgehead atoms. The zero-order valence-electron chi connectivity index (χ0n) is 11.7. The van der Waals surface area contributed by atoms with Crippen LogP contribution >= 0.6 is 11.8 Å². The summed E-state index contributed by atoms with van der Waals surface area (Å²) in [7, 11) is 0. The molecule has 1 aromatic rings. The number of thioether (sulfide) groups is 1. The Hall–Kier alpha value is -0.960. The highest BCUT2D eigenvalue weighted by molar-refractivity contribution is 8.00. The van der Waals surface area contributed by atoms with Crippen molar-refractivity contribution < 1.29 is 4.79 Å². The first-order valence-corrected chi connectivity index (χ1v) is 8.32. The zero-order valence-corrected chi connectivity index (χ0v) is 12.5. The van der Waals surface area contributed by atoms with Gasteiger partial charge in [0.25, 0.3) is 0 Å². The first-order chi connectivity index (χ1) is 9.31. The molecule has 1 atom stereocenters. The maximum Gasteiger partial charge on any atom is 0.230 e. The minimum Gasteiger partial charge on any atom is -0.355 e. The SMILES string of the molecule is CCCCNC(=O)CSC1CCCc2ccccc21. The second-order valence-electron chi connectivity index (χ2n) is 5.09. The normalized spacial score (nSPS) is 17.8. The Morgan fingerprint density at radius 3 is 3.11 bits per heavy atom. The summed E-state index contributed by atoms with van der Waals surface area (Å²) in [5, 5.41) is 3.49. The van der Waals surface area contributed by atoms with E-state index in [4.69, 9.17) is 0 Å². The van der Waals surface area contributed by atoms with Gasteiger partial charge in [0, 0.05) is 11.8 Å². The van der Waals surface area contributed by atoms with E-state index in [1.165, 1.54) is 30.4 Å². The molecule has 1 N–H and O–H groups in total. The molecule has 0 fully saturated rings. The van der Waals surface area contributed by atoms with Crippen molar-refractivity contribution in [2.45, 2.75) is 44.3 Å². The average Bonchev–Trinajstić information content (AvgIpc) is 2.45. The van der Waals surface area contributed by atoms with Crippen molar-refractivity contribution in [3.8, 4) is 0 Å². The molecular formula is C16H23NOS. The molecule has 104 valence electrons. The Kier molecular flexibility index (Phi) is 5.77. The van der Waals surface area contributed by atoms with E-state index >= 15 is 0 Å². The van der Waals surface area contributed by atoms with Gasteiger partial charge < -0.3 is 5.32 Å². The molecule has 3 heteroatoms. The van der Waals surface area contributed by atoms with Crippen LogP contribution in [0.3, 0.4) is 0 Å². The number of benzene rings is 1. The van der Waals surface area contributed by atoms with Gasteiger partial charge in [0.1, 0.15) is 0 Å². The highest BCUT2D eigenvalue weighted by Gasteiger charge is 2.20. The predicted molar refractivity (Wildman–Crippen MR) is 82.5 cm³/mol. The number of carbonyl (C=O) groups excluding carboxylic acids is 1. The number of fused-ring (bicyclic) bond motifs is 1. The highest BCUT2D eigenvalue weighted by Crippen LogP contribution is 2.39. The van der Waals surface area contributed by atoms with Gasteiger partial charge in [-0.15, -0.1) is 11.8 Å². The quantitative estimate of drug-likeness (QED) is 0.803. The molecule has 1 unspecified atom stereocenters. The lowest BCUT2D eigenvalue weighted by Gasteiger charge is -2.24. The summed E-state index contributed by atoms with van der Waals surface area (Å²) in [6.45, 7) is 2.96. The average molecular weight is 277 g/mol. The molecule has 19 heavy (non-hydrogen) atoms. The number of hydrogen-bond donors (Lipinski definition) is 1. The van der Waals surface area contributed by atoms with E-state index in [0.717, 1.165) is 19.4 Å². The molecule has 1 aromatic carbocycles. The summed E-state index contributed by atoms with van der Waals surface area (Å²) in [4.78, 5) is 11.7. The van der Waals surface area contributed by atoms with Crippen LogP contribution in [0, 0.1) is 0 Å². The summed E-state index contributed by atoms with van der Waals surface area (Å²) in [5.41, 5.74) is 2.91. The van der Waals surface area contributed by atoms with Crippen LogP contribution in [0.5, 0.6) is 0 Å². The van der Waals surface area contributed by atoms with Crippen LogP contribution in [0.4, 0.5) is 0 Å². The van der Waals surface area contributed by atoms with Gasteiger partial charge in [-0.1, -0.05) is 37.6 Å². The minimum absolute atomic E-state index is 0.182. The van der Waals surface area contributed by atoms with Crippen LogP contribution in [-0.4, -0.2) is 18.2 Å². The van der Waals surface area contributed by atoms with Crippen molar-refractivity contribution in [1.29, 1.82) is 0 Å². The largest absolute Gasteiger partial charge is 0.355 e. The smallest absolute Gasteiger partial charge is 0.230 e. The number of nitrogens with one attached hydrogen (secondary N) is 1. The van der Waals surface area contributed by atoms with Crippen LogP contribution in [-0.2, 0) is 11.2 Å². The van der Waals surface area contributed by atoms with Gasteiger partial charge in [-0.2, -0.15) is 0 Å². The first kappa shape index (κ1) is 14.4. The molecule has 0 aromatic heterocycles. The number of aryl methyl sites for hydroxylation is 1. The molecule has 2 nitrogen and oxygen atoms in total. The van der Waals surface area contributed by atoms with Crippen LogP contribution in [0.2, 0.25) is 0 Å². The Morgan fingerprint density at radius 2 is 2.26 bits per heavy atom. The van der Waals surface area contributed by atoms with Gasteiger partial charge in [0.2, 0.25) is 5.91 Å². The number of unbranched alkanes of at least 4 members (excludes halogenated alkanes) is 1. The van der Waals surface area contributed by atoms with Gasteiger partial charge in [-0.05, 0) is 36.8 Å². The first-order valence-electron chi connectivity index (χ1n) is 7.27. The van der Waals surface area contributed by atoms with Crippen LogP contribution in [0.25, 0.3) is 0 Å². The molecular weight excluding hydrogens is 254 g/mol. The van der Waals surface area contributed by atoms with Crippen molar-refractivity contribution in [2.24, 2.45) is 0 Å². The Balaban J connectivity index is 1.82. The lowest BCUT2D eigenvalue weighted by atomic mass is 9.91. The Bertz CT molecular complexity index is 419. The van der Waals surface area contributed by atoms with Crippen molar-refractivity contribution in [1.82, 2.24) is 5.32 Å². The molecule has 2 rings (SSSR count). The van der Waals surface area contributed by atoms with Gasteiger partial charge in [-0.3, -0.25) is 4.79 Å². The van der Waals surface area contributed by atoms with E-state index in [1.54, 1.807) is 11.8 Å². The second-order valence-corrected chi connectivity index (χ2v) is 6.29. The third-order valence-corrected chi connectivity index (χ3v) is 4.90. The van der Waals surface area contributed by atoms with Crippen molar-refractivity contribution in [3.63, 3.8) is 0 Å². The van der Waals surface area contributed by atoms with Crippen molar-refractivity contribution >= 4 is 17.7 Å². The molecule has 0 saturated heterocycles. The fourth-order valence-corrected chi connectivity index (χ4v) is 3.71. The number of hydrogen-bond acceptors (Lipinski definition) is 2. The molecule has 0 radical (unpaired) electrons. The van der Waals surface area contributed by atoms with Gasteiger partial charge in [0.15, 0.2) is 0 Å². The van der Waals surface area contributed by atoms with Crippen LogP contribution in [0.15, 0.2) is 24.3 Å². The van der Waals surface area contributed by atoms with Gasteiger partial charge in [-0.25, -0.2) is 0 Å². The summed E-state index contributed by atoms with van der Waals surface area (Å²) < 4.78 is 0. The number of amides is 1. The summed E-state index contributed by atoms with van der Waals surface area (Å²) >= 11 is 1.79. The maximum atomic E-state index is 11.7. The predicted octanol–water partition coefficient (Wildman–Crippen LogP) is 3.71. The van der Waals surface area contributed by atoms with Crippen molar-refractivity contribution in [3.05, 3.63) is 35.4 Å². The lowest BCUT2D eigenvalue weighted by Crippen LogP contribution is -2.26. The monoisotopic (exact) mass is 277 g/mol. The van der Waals surface area contributed by atoms with Crippen molar-refractivity contribution in [2.75, 3.05) is 12.3 Å². The summed E-state index contributed by atoms with van der Waals surface area (Å²) in [5.74, 6) is 0.768. The van der Waals surface area contributed by atoms with E-state index in [1.807, 2.05) is 0 Å². The van der Waals surface area contributed by atoms with E-state index in [0.29, 0.717) is 11.0 Å². The Labute approximate surface area is 120 Å². The maximum absolute atomic E-state index is 11.7. The molecule has 0 spiro atoms. The molecule has 1 aliphatic rings.